The maximum atomic E-state index is 12.3. The number of aromatic amines is 1. The number of H-pyrrole nitrogens is 1. The highest BCUT2D eigenvalue weighted by atomic mass is 16.2. The van der Waals surface area contributed by atoms with Crippen molar-refractivity contribution in [2.75, 3.05) is 10.6 Å². The molecule has 8 nitrogen and oxygen atoms in total. The van der Waals surface area contributed by atoms with Gasteiger partial charge < -0.3 is 5.32 Å². The van der Waals surface area contributed by atoms with E-state index in [1.807, 2.05) is 32.0 Å². The molecule has 0 radical (unpaired) electrons. The molecule has 0 atom stereocenters. The Bertz CT molecular complexity index is 1030. The van der Waals surface area contributed by atoms with Crippen LogP contribution in [0.1, 0.15) is 22.5 Å². The van der Waals surface area contributed by atoms with Crippen LogP contribution in [-0.4, -0.2) is 25.8 Å². The highest BCUT2D eigenvalue weighted by Crippen LogP contribution is 2.17. The van der Waals surface area contributed by atoms with Gasteiger partial charge >= 0.3 is 6.03 Å². The molecule has 2 amide bonds. The molecule has 1 aromatic carbocycles. The van der Waals surface area contributed by atoms with Crippen molar-refractivity contribution in [1.82, 2.24) is 19.7 Å². The predicted octanol–water partition coefficient (Wildman–Crippen LogP) is 2.83. The van der Waals surface area contributed by atoms with Gasteiger partial charge in [0.15, 0.2) is 0 Å². The topological polar surface area (TPSA) is 105 Å². The third-order valence-electron chi connectivity index (χ3n) is 3.90. The molecule has 0 aliphatic rings. The van der Waals surface area contributed by atoms with Gasteiger partial charge in [-0.1, -0.05) is 6.07 Å². The third-order valence-corrected chi connectivity index (χ3v) is 3.90. The molecule has 2 heterocycles. The molecule has 26 heavy (non-hydrogen) atoms. The van der Waals surface area contributed by atoms with E-state index < -0.39 is 6.03 Å². The minimum Gasteiger partial charge on any atom is -0.308 e. The summed E-state index contributed by atoms with van der Waals surface area (Å²) in [5.74, 6) is 0.641. The molecule has 3 N–H and O–H groups in total. The number of aromatic nitrogens is 4. The summed E-state index contributed by atoms with van der Waals surface area (Å²) in [6.45, 7) is 7.50. The second-order valence-electron chi connectivity index (χ2n) is 6.17. The van der Waals surface area contributed by atoms with E-state index in [4.69, 9.17) is 0 Å². The van der Waals surface area contributed by atoms with Gasteiger partial charge in [0.05, 0.1) is 5.69 Å². The summed E-state index contributed by atoms with van der Waals surface area (Å²) < 4.78 is 1.39. The first-order valence-corrected chi connectivity index (χ1v) is 8.12. The quantitative estimate of drug-likeness (QED) is 0.674. The van der Waals surface area contributed by atoms with Crippen LogP contribution in [0.5, 0.6) is 0 Å². The molecule has 0 bridgehead atoms. The molecular weight excluding hydrogens is 332 g/mol. The molecule has 0 spiro atoms. The lowest BCUT2D eigenvalue weighted by Crippen LogP contribution is -2.22. The van der Waals surface area contributed by atoms with E-state index in [0.29, 0.717) is 22.9 Å². The molecule has 8 heteroatoms. The maximum absolute atomic E-state index is 12.3. The van der Waals surface area contributed by atoms with Crippen molar-refractivity contribution in [2.45, 2.75) is 27.7 Å². The lowest BCUT2D eigenvalue weighted by atomic mass is 10.1. The number of benzene rings is 1. The second kappa shape index (κ2) is 6.83. The van der Waals surface area contributed by atoms with Gasteiger partial charge in [-0.2, -0.15) is 9.78 Å². The van der Waals surface area contributed by atoms with Crippen molar-refractivity contribution in [3.8, 4) is 5.95 Å². The fraction of sp³-hybridized carbons (Fsp3) is 0.222. The van der Waals surface area contributed by atoms with Crippen molar-refractivity contribution in [1.29, 1.82) is 0 Å². The zero-order valence-electron chi connectivity index (χ0n) is 15.0. The van der Waals surface area contributed by atoms with E-state index >= 15 is 0 Å². The molecular formula is C18H20N6O2. The van der Waals surface area contributed by atoms with E-state index in [9.17, 15) is 9.59 Å². The largest absolute Gasteiger partial charge is 0.324 e. The summed E-state index contributed by atoms with van der Waals surface area (Å²) >= 11 is 0. The number of rotatable bonds is 3. The highest BCUT2D eigenvalue weighted by Gasteiger charge is 2.13. The minimum absolute atomic E-state index is 0.240. The van der Waals surface area contributed by atoms with Crippen LogP contribution in [0.4, 0.5) is 16.3 Å². The maximum Gasteiger partial charge on any atom is 0.324 e. The van der Waals surface area contributed by atoms with Gasteiger partial charge in [0.25, 0.3) is 5.56 Å². The lowest BCUT2D eigenvalue weighted by Gasteiger charge is -2.10. The Morgan fingerprint density at radius 2 is 1.77 bits per heavy atom. The van der Waals surface area contributed by atoms with E-state index in [1.165, 1.54) is 10.7 Å². The van der Waals surface area contributed by atoms with Gasteiger partial charge in [0, 0.05) is 23.5 Å². The van der Waals surface area contributed by atoms with Crippen molar-refractivity contribution in [3.05, 3.63) is 63.2 Å². The molecule has 0 fully saturated rings. The van der Waals surface area contributed by atoms with Crippen molar-refractivity contribution in [3.63, 3.8) is 0 Å². The number of carbonyl (C=O) groups excluding carboxylic acids is 1. The van der Waals surface area contributed by atoms with Gasteiger partial charge in [0.2, 0.25) is 5.95 Å². The number of urea groups is 1. The van der Waals surface area contributed by atoms with Gasteiger partial charge in [-0.15, -0.1) is 0 Å². The molecule has 0 aliphatic carbocycles. The van der Waals surface area contributed by atoms with Crippen LogP contribution >= 0.6 is 0 Å². The van der Waals surface area contributed by atoms with Crippen molar-refractivity contribution < 1.29 is 4.79 Å². The van der Waals surface area contributed by atoms with Crippen molar-refractivity contribution >= 4 is 17.5 Å². The number of aryl methyl sites for hydroxylation is 4. The fourth-order valence-corrected chi connectivity index (χ4v) is 2.51. The number of hydrogen-bond acceptors (Lipinski definition) is 4. The Hall–Kier alpha value is -3.42. The number of anilines is 2. The van der Waals surface area contributed by atoms with Gasteiger partial charge in [-0.25, -0.2) is 9.78 Å². The van der Waals surface area contributed by atoms with Gasteiger partial charge in [-0.05, 0) is 51.0 Å². The Kier molecular flexibility index (Phi) is 4.57. The van der Waals surface area contributed by atoms with Crippen molar-refractivity contribution in [2.24, 2.45) is 0 Å². The fourth-order valence-electron chi connectivity index (χ4n) is 2.51. The summed E-state index contributed by atoms with van der Waals surface area (Å²) in [5, 5.41) is 9.82. The molecule has 2 aromatic heterocycles. The van der Waals surface area contributed by atoms with Crippen LogP contribution in [0.3, 0.4) is 0 Å². The SMILES string of the molecule is Cc1cc(=O)[nH]c(-n2nc(C)cc2NC(=O)Nc2ccc(C)c(C)c2)n1. The molecule has 0 aliphatic heterocycles. The first-order valence-electron chi connectivity index (χ1n) is 8.12. The standard InChI is InChI=1S/C18H20N6O2/c1-10-5-6-14(7-11(10)2)20-18(26)21-15-8-13(4)23-24(15)17-19-12(3)9-16(25)22-17/h5-9H,1-4H3,(H,19,22,25)(H2,20,21,26). The Morgan fingerprint density at radius 1 is 1.00 bits per heavy atom. The van der Waals surface area contributed by atoms with Crippen LogP contribution in [0, 0.1) is 27.7 Å². The Balaban J connectivity index is 1.84. The molecule has 134 valence electrons. The average molecular weight is 352 g/mol. The second-order valence-corrected chi connectivity index (χ2v) is 6.17. The molecule has 0 saturated carbocycles. The summed E-state index contributed by atoms with van der Waals surface area (Å²) in [5.41, 5.74) is 3.88. The van der Waals surface area contributed by atoms with Gasteiger partial charge in [-0.3, -0.25) is 15.1 Å². The third kappa shape index (κ3) is 3.80. The number of nitrogens with zero attached hydrogens (tertiary/aromatic N) is 3. The minimum atomic E-state index is -0.413. The van der Waals surface area contributed by atoms with Crippen LogP contribution in [0.25, 0.3) is 5.95 Å². The zero-order valence-corrected chi connectivity index (χ0v) is 15.0. The van der Waals surface area contributed by atoms with Crippen LogP contribution in [0.15, 0.2) is 35.1 Å². The monoisotopic (exact) mass is 352 g/mol. The number of nitrogens with one attached hydrogen (secondary N) is 3. The smallest absolute Gasteiger partial charge is 0.308 e. The van der Waals surface area contributed by atoms with E-state index in [1.54, 1.807) is 19.9 Å². The first kappa shape index (κ1) is 17.4. The molecule has 0 unspecified atom stereocenters. The molecule has 3 rings (SSSR count). The number of carbonyl (C=O) groups is 1. The average Bonchev–Trinajstić information content (AvgIpc) is 2.90. The molecule has 3 aromatic rings. The summed E-state index contributed by atoms with van der Waals surface area (Å²) in [4.78, 5) is 30.9. The van der Waals surface area contributed by atoms with Crippen LogP contribution in [-0.2, 0) is 0 Å². The van der Waals surface area contributed by atoms with E-state index in [2.05, 4.69) is 25.7 Å². The summed E-state index contributed by atoms with van der Waals surface area (Å²) in [6, 6.07) is 8.35. The summed E-state index contributed by atoms with van der Waals surface area (Å²) in [7, 11) is 0. The normalized spacial score (nSPS) is 10.6. The van der Waals surface area contributed by atoms with E-state index in [0.717, 1.165) is 11.1 Å². The number of hydrogen-bond donors (Lipinski definition) is 3. The van der Waals surface area contributed by atoms with Crippen LogP contribution < -0.4 is 16.2 Å². The predicted molar refractivity (Wildman–Crippen MR) is 100 cm³/mol. The lowest BCUT2D eigenvalue weighted by molar-refractivity contribution is 0.262. The van der Waals surface area contributed by atoms with E-state index in [-0.39, 0.29) is 11.5 Å². The first-order chi connectivity index (χ1) is 12.3. The molecule has 0 saturated heterocycles. The highest BCUT2D eigenvalue weighted by molar-refractivity contribution is 5.99. The van der Waals surface area contributed by atoms with Gasteiger partial charge in [0.1, 0.15) is 5.82 Å². The Morgan fingerprint density at radius 3 is 2.46 bits per heavy atom. The number of amides is 2. The van der Waals surface area contributed by atoms with Crippen LogP contribution in [0.2, 0.25) is 0 Å². The summed E-state index contributed by atoms with van der Waals surface area (Å²) in [6.07, 6.45) is 0. The zero-order chi connectivity index (χ0) is 18.8. The Labute approximate surface area is 150 Å².